The smallest absolute Gasteiger partial charge is 0.419 e. The third-order valence-corrected chi connectivity index (χ3v) is 3.29. The van der Waals surface area contributed by atoms with E-state index in [0.717, 1.165) is 0 Å². The summed E-state index contributed by atoms with van der Waals surface area (Å²) >= 11 is 0. The molecule has 130 valence electrons. The number of benzene rings is 2. The topological polar surface area (TPSA) is 55.4 Å². The van der Waals surface area contributed by atoms with E-state index in [1.54, 1.807) is 60.7 Å². The van der Waals surface area contributed by atoms with Gasteiger partial charge in [0.25, 0.3) is 0 Å². The molecule has 7 heteroatoms. The van der Waals surface area contributed by atoms with E-state index in [-0.39, 0.29) is 5.57 Å². The molecule has 0 spiro atoms. The minimum absolute atomic E-state index is 0.0878. The van der Waals surface area contributed by atoms with Gasteiger partial charge in [0.05, 0.1) is 7.11 Å². The van der Waals surface area contributed by atoms with Gasteiger partial charge in [-0.2, -0.15) is 13.2 Å². The third-order valence-electron chi connectivity index (χ3n) is 3.29. The first kappa shape index (κ1) is 18.3. The zero-order chi connectivity index (χ0) is 18.4. The van der Waals surface area contributed by atoms with Crippen molar-refractivity contribution in [1.82, 2.24) is 5.32 Å². The first-order valence-corrected chi connectivity index (χ1v) is 7.16. The number of carbonyl (C=O) groups is 2. The van der Waals surface area contributed by atoms with E-state index in [1.165, 1.54) is 5.32 Å². The number of nitrogens with one attached hydrogen (secondary N) is 1. The van der Waals surface area contributed by atoms with Crippen molar-refractivity contribution in [2.45, 2.75) is 5.92 Å². The second-order valence-corrected chi connectivity index (χ2v) is 4.94. The van der Waals surface area contributed by atoms with Crippen molar-refractivity contribution >= 4 is 17.4 Å². The molecule has 0 aromatic heterocycles. The highest BCUT2D eigenvalue weighted by Gasteiger charge is 2.49. The summed E-state index contributed by atoms with van der Waals surface area (Å²) in [5.41, 5.74) is 0.649. The average molecular weight is 349 g/mol. The van der Waals surface area contributed by atoms with Crippen molar-refractivity contribution in [3.63, 3.8) is 0 Å². The predicted octanol–water partition coefficient (Wildman–Crippen LogP) is 3.30. The van der Waals surface area contributed by atoms with E-state index in [1.807, 2.05) is 0 Å². The van der Waals surface area contributed by atoms with E-state index in [0.29, 0.717) is 18.2 Å². The first-order chi connectivity index (χ1) is 11.9. The average Bonchev–Trinajstić information content (AvgIpc) is 2.62. The lowest BCUT2D eigenvalue weighted by Crippen LogP contribution is -2.46. The van der Waals surface area contributed by atoms with Crippen LogP contribution < -0.4 is 5.32 Å². The van der Waals surface area contributed by atoms with Crippen LogP contribution >= 0.6 is 0 Å². The normalized spacial score (nSPS) is 10.7. The maximum Gasteiger partial charge on any atom is 0.419 e. The quantitative estimate of drug-likeness (QED) is 0.512. The highest BCUT2D eigenvalue weighted by molar-refractivity contribution is 6.05. The van der Waals surface area contributed by atoms with Crippen molar-refractivity contribution in [2.24, 2.45) is 0 Å². The number of hydrogen-bond donors (Lipinski definition) is 1. The molecule has 0 aliphatic rings. The van der Waals surface area contributed by atoms with Crippen LogP contribution in [-0.4, -0.2) is 24.9 Å². The van der Waals surface area contributed by atoms with Gasteiger partial charge in [-0.25, -0.2) is 4.79 Å². The van der Waals surface area contributed by atoms with Gasteiger partial charge in [0.15, 0.2) is 0 Å². The number of rotatable bonds is 5. The summed E-state index contributed by atoms with van der Waals surface area (Å²) in [5.74, 6) is -9.99. The Hall–Kier alpha value is -3.09. The van der Waals surface area contributed by atoms with Crippen LogP contribution in [0.1, 0.15) is 11.1 Å². The number of halogens is 3. The standard InChI is InChI=1S/C18H14F3NO3/c1-25-17(24)18(20,21)16(23)22-15(19)14(12-8-4-2-5-9-12)13-10-6-3-7-11-13/h2-11H,1H3,(H,22,23). The summed E-state index contributed by atoms with van der Waals surface area (Å²) in [6.07, 6.45) is 0. The van der Waals surface area contributed by atoms with Crippen LogP contribution in [0.15, 0.2) is 66.6 Å². The second-order valence-electron chi connectivity index (χ2n) is 4.94. The van der Waals surface area contributed by atoms with Crippen LogP contribution in [-0.2, 0) is 14.3 Å². The summed E-state index contributed by atoms with van der Waals surface area (Å²) in [6.45, 7) is 0. The fourth-order valence-electron chi connectivity index (χ4n) is 2.09. The van der Waals surface area contributed by atoms with E-state index < -0.39 is 23.7 Å². The fraction of sp³-hybridized carbons (Fsp3) is 0.111. The molecule has 0 saturated carbocycles. The summed E-state index contributed by atoms with van der Waals surface area (Å²) in [6, 6.07) is 16.2. The first-order valence-electron chi connectivity index (χ1n) is 7.16. The van der Waals surface area contributed by atoms with Gasteiger partial charge in [0.2, 0.25) is 5.95 Å². The monoisotopic (exact) mass is 349 g/mol. The van der Waals surface area contributed by atoms with Crippen molar-refractivity contribution < 1.29 is 27.5 Å². The van der Waals surface area contributed by atoms with E-state index in [4.69, 9.17) is 0 Å². The number of carbonyl (C=O) groups excluding carboxylic acids is 2. The van der Waals surface area contributed by atoms with Gasteiger partial charge >= 0.3 is 17.8 Å². The molecule has 0 unspecified atom stereocenters. The van der Waals surface area contributed by atoms with E-state index in [2.05, 4.69) is 4.74 Å². The number of esters is 1. The van der Waals surface area contributed by atoms with Gasteiger partial charge in [0.1, 0.15) is 0 Å². The van der Waals surface area contributed by atoms with Crippen molar-refractivity contribution in [1.29, 1.82) is 0 Å². The summed E-state index contributed by atoms with van der Waals surface area (Å²) in [7, 11) is 0.703. The summed E-state index contributed by atoms with van der Waals surface area (Å²) in [4.78, 5) is 22.6. The maximum absolute atomic E-state index is 14.6. The Balaban J connectivity index is 2.45. The van der Waals surface area contributed by atoms with Crippen LogP contribution in [0.25, 0.3) is 5.57 Å². The molecule has 2 rings (SSSR count). The number of alkyl halides is 2. The minimum Gasteiger partial charge on any atom is -0.464 e. The van der Waals surface area contributed by atoms with Crippen molar-refractivity contribution in [3.05, 3.63) is 77.7 Å². The lowest BCUT2D eigenvalue weighted by molar-refractivity contribution is -0.175. The lowest BCUT2D eigenvalue weighted by atomic mass is 9.98. The van der Waals surface area contributed by atoms with Gasteiger partial charge < -0.3 is 4.74 Å². The summed E-state index contributed by atoms with van der Waals surface area (Å²) < 4.78 is 45.6. The van der Waals surface area contributed by atoms with Gasteiger partial charge in [-0.05, 0) is 11.1 Å². The molecule has 0 aliphatic heterocycles. The van der Waals surface area contributed by atoms with Crippen LogP contribution in [0.3, 0.4) is 0 Å². The molecule has 1 N–H and O–H groups in total. The molecular formula is C18H14F3NO3. The van der Waals surface area contributed by atoms with Crippen LogP contribution in [0.5, 0.6) is 0 Å². The zero-order valence-corrected chi connectivity index (χ0v) is 13.1. The van der Waals surface area contributed by atoms with E-state index >= 15 is 0 Å². The van der Waals surface area contributed by atoms with Crippen LogP contribution in [0, 0.1) is 0 Å². The number of methoxy groups -OCH3 is 1. The number of amides is 1. The van der Waals surface area contributed by atoms with Gasteiger partial charge in [-0.15, -0.1) is 0 Å². The maximum atomic E-state index is 14.6. The van der Waals surface area contributed by atoms with Gasteiger partial charge in [-0.3, -0.25) is 10.1 Å². The predicted molar refractivity (Wildman–Crippen MR) is 85.1 cm³/mol. The molecule has 0 fully saturated rings. The largest absolute Gasteiger partial charge is 0.464 e. The van der Waals surface area contributed by atoms with Crippen molar-refractivity contribution in [2.75, 3.05) is 7.11 Å². The molecule has 0 aliphatic carbocycles. The van der Waals surface area contributed by atoms with Crippen LogP contribution in [0.4, 0.5) is 13.2 Å². The van der Waals surface area contributed by atoms with E-state index in [9.17, 15) is 22.8 Å². The Bertz CT molecular complexity index is 748. The highest BCUT2D eigenvalue weighted by Crippen LogP contribution is 2.27. The molecular weight excluding hydrogens is 335 g/mol. The molecule has 0 atom stereocenters. The van der Waals surface area contributed by atoms with Gasteiger partial charge in [0, 0.05) is 5.57 Å². The molecule has 25 heavy (non-hydrogen) atoms. The SMILES string of the molecule is COC(=O)C(F)(F)C(=O)NC(F)=C(c1ccccc1)c1ccccc1. The minimum atomic E-state index is -4.51. The Labute approximate surface area is 141 Å². The number of ether oxygens (including phenoxy) is 1. The Morgan fingerprint density at radius 1 is 0.920 bits per heavy atom. The molecule has 0 bridgehead atoms. The molecule has 2 aromatic carbocycles. The summed E-state index contributed by atoms with van der Waals surface area (Å²) in [5, 5.41) is 1.46. The fourth-order valence-corrected chi connectivity index (χ4v) is 2.09. The lowest BCUT2D eigenvalue weighted by Gasteiger charge is -2.15. The molecule has 4 nitrogen and oxygen atoms in total. The molecule has 0 saturated heterocycles. The molecule has 0 radical (unpaired) electrons. The Kier molecular flexibility index (Phi) is 5.59. The zero-order valence-electron chi connectivity index (χ0n) is 13.1. The molecule has 1 amide bonds. The number of hydrogen-bond acceptors (Lipinski definition) is 3. The van der Waals surface area contributed by atoms with Gasteiger partial charge in [-0.1, -0.05) is 60.7 Å². The molecule has 2 aromatic rings. The second kappa shape index (κ2) is 7.65. The van der Waals surface area contributed by atoms with Crippen LogP contribution in [0.2, 0.25) is 0 Å². The van der Waals surface area contributed by atoms with Crippen molar-refractivity contribution in [3.8, 4) is 0 Å². The Morgan fingerprint density at radius 3 is 1.76 bits per heavy atom. The highest BCUT2D eigenvalue weighted by atomic mass is 19.3. The Morgan fingerprint density at radius 2 is 1.36 bits per heavy atom. The molecule has 0 heterocycles. The third kappa shape index (κ3) is 4.06.